The van der Waals surface area contributed by atoms with Gasteiger partial charge in [0.05, 0.1) is 30.3 Å². The molecule has 0 unspecified atom stereocenters. The minimum absolute atomic E-state index is 0.279. The summed E-state index contributed by atoms with van der Waals surface area (Å²) in [6, 6.07) is 13.0. The maximum Gasteiger partial charge on any atom is 0.168 e. The molecular weight excluding hydrogens is 450 g/mol. The lowest BCUT2D eigenvalue weighted by molar-refractivity contribution is 0.175. The van der Waals surface area contributed by atoms with Gasteiger partial charge in [-0.25, -0.2) is 18.7 Å². The van der Waals surface area contributed by atoms with Gasteiger partial charge in [0.1, 0.15) is 17.7 Å². The Bertz CT molecular complexity index is 1450. The van der Waals surface area contributed by atoms with Crippen LogP contribution in [-0.4, -0.2) is 28.3 Å². The molecule has 6 nitrogen and oxygen atoms in total. The second-order valence-corrected chi connectivity index (χ2v) is 8.40. The molecule has 1 saturated carbocycles. The molecule has 5 rings (SSSR count). The number of pyridine rings is 1. The Kier molecular flexibility index (Phi) is 6.15. The van der Waals surface area contributed by atoms with Gasteiger partial charge in [0, 0.05) is 23.9 Å². The highest BCUT2D eigenvalue weighted by Crippen LogP contribution is 2.35. The van der Waals surface area contributed by atoms with Gasteiger partial charge < -0.3 is 9.47 Å². The number of methoxy groups -OCH3 is 1. The number of ether oxygens (including phenoxy) is 2. The first kappa shape index (κ1) is 22.5. The van der Waals surface area contributed by atoms with E-state index in [9.17, 15) is 8.78 Å². The molecule has 1 fully saturated rings. The van der Waals surface area contributed by atoms with Crippen LogP contribution in [0.15, 0.2) is 48.7 Å². The number of nitriles is 1. The lowest BCUT2D eigenvalue weighted by atomic mass is 9.86. The highest BCUT2D eigenvalue weighted by Gasteiger charge is 2.20. The molecule has 0 spiro atoms. The van der Waals surface area contributed by atoms with Crippen LogP contribution in [0.3, 0.4) is 0 Å². The van der Waals surface area contributed by atoms with Crippen molar-refractivity contribution in [3.8, 4) is 23.4 Å². The zero-order valence-corrected chi connectivity index (χ0v) is 19.0. The van der Waals surface area contributed by atoms with Crippen LogP contribution in [-0.2, 0) is 0 Å². The Balaban J connectivity index is 1.58. The van der Waals surface area contributed by atoms with Crippen LogP contribution in [0.5, 0.6) is 11.5 Å². The van der Waals surface area contributed by atoms with Crippen molar-refractivity contribution in [2.45, 2.75) is 19.3 Å². The summed E-state index contributed by atoms with van der Waals surface area (Å²) in [5.74, 6) is 0.673. The second-order valence-electron chi connectivity index (χ2n) is 8.40. The summed E-state index contributed by atoms with van der Waals surface area (Å²) >= 11 is 0. The summed E-state index contributed by atoms with van der Waals surface area (Å²) in [6.07, 6.45) is 8.54. The van der Waals surface area contributed by atoms with Crippen LogP contribution in [0.25, 0.3) is 29.0 Å². The fourth-order valence-corrected chi connectivity index (χ4v) is 4.03. The zero-order valence-electron chi connectivity index (χ0n) is 19.0. The zero-order chi connectivity index (χ0) is 24.4. The molecule has 0 saturated heterocycles. The molecule has 176 valence electrons. The molecule has 2 heterocycles. The molecule has 2 aromatic carbocycles. The van der Waals surface area contributed by atoms with E-state index in [2.05, 4.69) is 9.97 Å². The van der Waals surface area contributed by atoms with Crippen LogP contribution in [0.1, 0.15) is 36.2 Å². The van der Waals surface area contributed by atoms with E-state index in [0.29, 0.717) is 46.7 Å². The molecule has 0 amide bonds. The fourth-order valence-electron chi connectivity index (χ4n) is 4.03. The van der Waals surface area contributed by atoms with Crippen LogP contribution >= 0.6 is 0 Å². The van der Waals surface area contributed by atoms with Crippen molar-refractivity contribution in [3.05, 3.63) is 77.2 Å². The molecule has 0 N–H and O–H groups in total. The third kappa shape index (κ3) is 4.45. The van der Waals surface area contributed by atoms with Crippen molar-refractivity contribution in [1.82, 2.24) is 14.5 Å². The van der Waals surface area contributed by atoms with Crippen LogP contribution in [0, 0.1) is 28.9 Å². The third-order valence-electron chi connectivity index (χ3n) is 6.16. The van der Waals surface area contributed by atoms with E-state index in [1.54, 1.807) is 29.9 Å². The SMILES string of the molecule is COc1cccc(/C=C/c2nc3cc(F)c(F)cc3n2-c2ccc(C#N)cn2)c1OCC1CCC1. The van der Waals surface area contributed by atoms with Gasteiger partial charge in [-0.15, -0.1) is 0 Å². The van der Waals surface area contributed by atoms with Gasteiger partial charge in [0.25, 0.3) is 0 Å². The monoisotopic (exact) mass is 472 g/mol. The normalized spacial score (nSPS) is 13.7. The second kappa shape index (κ2) is 9.55. The van der Waals surface area contributed by atoms with Crippen molar-refractivity contribution in [3.63, 3.8) is 0 Å². The first-order valence-electron chi connectivity index (χ1n) is 11.3. The molecule has 0 atom stereocenters. The van der Waals surface area contributed by atoms with Gasteiger partial charge in [-0.3, -0.25) is 4.57 Å². The highest BCUT2D eigenvalue weighted by molar-refractivity contribution is 5.82. The number of imidazole rings is 1. The first-order chi connectivity index (χ1) is 17.1. The number of hydrogen-bond acceptors (Lipinski definition) is 5. The largest absolute Gasteiger partial charge is 0.493 e. The van der Waals surface area contributed by atoms with Crippen LogP contribution in [0.2, 0.25) is 0 Å². The van der Waals surface area contributed by atoms with E-state index < -0.39 is 11.6 Å². The number of para-hydroxylation sites is 1. The molecule has 8 heteroatoms. The minimum Gasteiger partial charge on any atom is -0.493 e. The minimum atomic E-state index is -0.984. The molecule has 4 aromatic rings. The Morgan fingerprint density at radius 3 is 2.66 bits per heavy atom. The Morgan fingerprint density at radius 2 is 1.97 bits per heavy atom. The quantitative estimate of drug-likeness (QED) is 0.333. The molecule has 35 heavy (non-hydrogen) atoms. The summed E-state index contributed by atoms with van der Waals surface area (Å²) in [5.41, 5.74) is 1.80. The number of fused-ring (bicyclic) bond motifs is 1. The van der Waals surface area contributed by atoms with Gasteiger partial charge in [-0.1, -0.05) is 18.6 Å². The molecule has 0 bridgehead atoms. The van der Waals surface area contributed by atoms with Crippen LogP contribution in [0.4, 0.5) is 8.78 Å². The predicted octanol–water partition coefficient (Wildman–Crippen LogP) is 5.93. The topological polar surface area (TPSA) is 73.0 Å². The summed E-state index contributed by atoms with van der Waals surface area (Å²) in [5, 5.41) is 9.10. The molecule has 2 aromatic heterocycles. The van der Waals surface area contributed by atoms with Crippen molar-refractivity contribution < 1.29 is 18.3 Å². The molecular formula is C27H22F2N4O2. The Labute approximate surface area is 201 Å². The predicted molar refractivity (Wildman–Crippen MR) is 128 cm³/mol. The van der Waals surface area contributed by atoms with E-state index in [1.807, 2.05) is 30.3 Å². The van der Waals surface area contributed by atoms with Gasteiger partial charge in [0.15, 0.2) is 23.1 Å². The van der Waals surface area contributed by atoms with Gasteiger partial charge >= 0.3 is 0 Å². The van der Waals surface area contributed by atoms with E-state index in [4.69, 9.17) is 14.7 Å². The van der Waals surface area contributed by atoms with Gasteiger partial charge in [-0.05, 0) is 49.1 Å². The van der Waals surface area contributed by atoms with Crippen molar-refractivity contribution in [1.29, 1.82) is 5.26 Å². The van der Waals surface area contributed by atoms with Gasteiger partial charge in [-0.2, -0.15) is 5.26 Å². The number of rotatable bonds is 7. The lowest BCUT2D eigenvalue weighted by Gasteiger charge is -2.26. The summed E-state index contributed by atoms with van der Waals surface area (Å²) < 4.78 is 41.3. The fraction of sp³-hybridized carbons (Fsp3) is 0.222. The van der Waals surface area contributed by atoms with E-state index in [0.717, 1.165) is 30.5 Å². The molecule has 1 aliphatic rings. The maximum atomic E-state index is 14.1. The van der Waals surface area contributed by atoms with E-state index in [1.165, 1.54) is 12.6 Å². The number of benzene rings is 2. The van der Waals surface area contributed by atoms with Crippen LogP contribution < -0.4 is 9.47 Å². The van der Waals surface area contributed by atoms with Gasteiger partial charge in [0.2, 0.25) is 0 Å². The molecule has 1 aliphatic carbocycles. The number of halogens is 2. The maximum absolute atomic E-state index is 14.1. The average molecular weight is 472 g/mol. The Hall–Kier alpha value is -4.25. The molecule has 0 radical (unpaired) electrons. The van der Waals surface area contributed by atoms with Crippen molar-refractivity contribution in [2.24, 2.45) is 5.92 Å². The van der Waals surface area contributed by atoms with E-state index >= 15 is 0 Å². The lowest BCUT2D eigenvalue weighted by Crippen LogP contribution is -2.19. The van der Waals surface area contributed by atoms with Crippen molar-refractivity contribution in [2.75, 3.05) is 13.7 Å². The first-order valence-corrected chi connectivity index (χ1v) is 11.3. The van der Waals surface area contributed by atoms with Crippen molar-refractivity contribution >= 4 is 23.2 Å². The standard InChI is InChI=1S/C27H22F2N4O2/c1-34-24-7-3-6-19(27(24)35-16-17-4-2-5-17)9-11-26-32-22-12-20(28)21(29)13-23(22)33(26)25-10-8-18(14-30)15-31-25/h3,6-13,15,17H,2,4-5,16H2,1H3/b11-9+. The number of hydrogen-bond donors (Lipinski definition) is 0. The Morgan fingerprint density at radius 1 is 1.14 bits per heavy atom. The number of aromatic nitrogens is 3. The number of nitrogens with zero attached hydrogens (tertiary/aromatic N) is 4. The summed E-state index contributed by atoms with van der Waals surface area (Å²) in [6.45, 7) is 0.618. The summed E-state index contributed by atoms with van der Waals surface area (Å²) in [7, 11) is 1.60. The summed E-state index contributed by atoms with van der Waals surface area (Å²) in [4.78, 5) is 8.84. The third-order valence-corrected chi connectivity index (χ3v) is 6.16. The smallest absolute Gasteiger partial charge is 0.168 e. The average Bonchev–Trinajstić information content (AvgIpc) is 3.19. The van der Waals surface area contributed by atoms with E-state index in [-0.39, 0.29) is 5.52 Å². The highest BCUT2D eigenvalue weighted by atomic mass is 19.2. The molecule has 0 aliphatic heterocycles.